The van der Waals surface area contributed by atoms with Crippen LogP contribution in [0.1, 0.15) is 12.8 Å². The molecule has 1 aromatic rings. The molecular formula is C11H17N3O3S. The van der Waals surface area contributed by atoms with E-state index in [1.807, 2.05) is 0 Å². The van der Waals surface area contributed by atoms with E-state index in [1.165, 1.54) is 22.6 Å². The molecular weight excluding hydrogens is 254 g/mol. The number of sulfonamides is 1. The molecule has 1 aliphatic rings. The van der Waals surface area contributed by atoms with Gasteiger partial charge in [0.1, 0.15) is 5.82 Å². The average molecular weight is 271 g/mol. The highest BCUT2D eigenvalue weighted by atomic mass is 32.2. The first-order chi connectivity index (χ1) is 8.55. The van der Waals surface area contributed by atoms with E-state index in [0.29, 0.717) is 13.2 Å². The number of ether oxygens (including phenoxy) is 1. The van der Waals surface area contributed by atoms with Gasteiger partial charge >= 0.3 is 0 Å². The lowest BCUT2D eigenvalue weighted by Gasteiger charge is -2.21. The van der Waals surface area contributed by atoms with Gasteiger partial charge in [0.05, 0.1) is 11.5 Å². The SMILES string of the molecule is COCCN(C1CC1)S(=O)(=O)c1ccnc(N)c1. The Morgan fingerprint density at radius 3 is 2.83 bits per heavy atom. The van der Waals surface area contributed by atoms with Crippen molar-refractivity contribution in [3.63, 3.8) is 0 Å². The highest BCUT2D eigenvalue weighted by molar-refractivity contribution is 7.89. The monoisotopic (exact) mass is 271 g/mol. The number of rotatable bonds is 6. The van der Waals surface area contributed by atoms with Crippen molar-refractivity contribution in [2.24, 2.45) is 0 Å². The number of anilines is 1. The van der Waals surface area contributed by atoms with Crippen LogP contribution in [0.15, 0.2) is 23.2 Å². The number of aromatic nitrogens is 1. The molecule has 0 aromatic carbocycles. The number of nitrogen functional groups attached to an aromatic ring is 1. The summed E-state index contributed by atoms with van der Waals surface area (Å²) >= 11 is 0. The summed E-state index contributed by atoms with van der Waals surface area (Å²) in [6.07, 6.45) is 3.22. The smallest absolute Gasteiger partial charge is 0.243 e. The molecule has 0 saturated heterocycles. The Kier molecular flexibility index (Phi) is 3.84. The van der Waals surface area contributed by atoms with Gasteiger partial charge in [0.2, 0.25) is 10.0 Å². The fourth-order valence-electron chi connectivity index (χ4n) is 1.77. The van der Waals surface area contributed by atoms with Gasteiger partial charge in [-0.2, -0.15) is 4.31 Å². The maximum atomic E-state index is 12.5. The van der Waals surface area contributed by atoms with Gasteiger partial charge in [-0.15, -0.1) is 0 Å². The molecule has 100 valence electrons. The molecule has 0 unspecified atom stereocenters. The molecule has 1 saturated carbocycles. The maximum Gasteiger partial charge on any atom is 0.243 e. The third-order valence-electron chi connectivity index (χ3n) is 2.83. The minimum absolute atomic E-state index is 0.0968. The van der Waals surface area contributed by atoms with E-state index in [0.717, 1.165) is 12.8 Å². The molecule has 0 amide bonds. The second-order valence-corrected chi connectivity index (χ2v) is 6.15. The van der Waals surface area contributed by atoms with Crippen molar-refractivity contribution >= 4 is 15.8 Å². The lowest BCUT2D eigenvalue weighted by atomic mass is 10.5. The quantitative estimate of drug-likeness (QED) is 0.812. The molecule has 18 heavy (non-hydrogen) atoms. The molecule has 2 rings (SSSR count). The second-order valence-electron chi connectivity index (χ2n) is 4.26. The maximum absolute atomic E-state index is 12.5. The minimum Gasteiger partial charge on any atom is -0.384 e. The molecule has 0 radical (unpaired) electrons. The van der Waals surface area contributed by atoms with Crippen molar-refractivity contribution in [2.75, 3.05) is 26.0 Å². The predicted octanol–water partition coefficient (Wildman–Crippen LogP) is 0.463. The molecule has 1 aromatic heterocycles. The molecule has 1 fully saturated rings. The summed E-state index contributed by atoms with van der Waals surface area (Å²) in [7, 11) is -1.94. The predicted molar refractivity (Wildman–Crippen MR) is 67.4 cm³/mol. The third kappa shape index (κ3) is 2.80. The number of nitrogens with two attached hydrogens (primary N) is 1. The zero-order valence-corrected chi connectivity index (χ0v) is 11.1. The van der Waals surface area contributed by atoms with Gasteiger partial charge in [0.25, 0.3) is 0 Å². The van der Waals surface area contributed by atoms with E-state index < -0.39 is 10.0 Å². The number of hydrogen-bond acceptors (Lipinski definition) is 5. The fourth-order valence-corrected chi connectivity index (χ4v) is 3.46. The Labute approximate surface area is 107 Å². The van der Waals surface area contributed by atoms with Crippen molar-refractivity contribution in [3.8, 4) is 0 Å². The van der Waals surface area contributed by atoms with Crippen LogP contribution in [0.25, 0.3) is 0 Å². The molecule has 0 aliphatic heterocycles. The summed E-state index contributed by atoms with van der Waals surface area (Å²) in [6, 6.07) is 2.95. The number of nitrogens with zero attached hydrogens (tertiary/aromatic N) is 2. The summed E-state index contributed by atoms with van der Waals surface area (Å²) in [5, 5.41) is 0. The van der Waals surface area contributed by atoms with Crippen LogP contribution in [-0.4, -0.2) is 44.0 Å². The van der Waals surface area contributed by atoms with Crippen LogP contribution >= 0.6 is 0 Å². The minimum atomic E-state index is -3.50. The summed E-state index contributed by atoms with van der Waals surface area (Å²) in [5.74, 6) is 0.207. The standard InChI is InChI=1S/C11H17N3O3S/c1-17-7-6-14(9-2-3-9)18(15,16)10-4-5-13-11(12)8-10/h4-5,8-9H,2-3,6-7H2,1H3,(H2,12,13). The van der Waals surface area contributed by atoms with E-state index >= 15 is 0 Å². The van der Waals surface area contributed by atoms with Gasteiger partial charge in [0.15, 0.2) is 0 Å². The summed E-state index contributed by atoms with van der Waals surface area (Å²) < 4.78 is 31.4. The Bertz CT molecular complexity index is 514. The van der Waals surface area contributed by atoms with Crippen molar-refractivity contribution in [3.05, 3.63) is 18.3 Å². The van der Waals surface area contributed by atoms with Crippen LogP contribution in [0.2, 0.25) is 0 Å². The molecule has 0 spiro atoms. The van der Waals surface area contributed by atoms with Crippen molar-refractivity contribution in [1.82, 2.24) is 9.29 Å². The van der Waals surface area contributed by atoms with Gasteiger partial charge in [-0.1, -0.05) is 0 Å². The van der Waals surface area contributed by atoms with Crippen LogP contribution < -0.4 is 5.73 Å². The second kappa shape index (κ2) is 5.21. The topological polar surface area (TPSA) is 85.5 Å². The van der Waals surface area contributed by atoms with E-state index in [1.54, 1.807) is 7.11 Å². The van der Waals surface area contributed by atoms with Crippen LogP contribution in [0.3, 0.4) is 0 Å². The molecule has 0 atom stereocenters. The van der Waals surface area contributed by atoms with Crippen LogP contribution in [0.5, 0.6) is 0 Å². The van der Waals surface area contributed by atoms with Gasteiger partial charge in [-0.3, -0.25) is 0 Å². The Balaban J connectivity index is 2.27. The Hall–Kier alpha value is -1.18. The highest BCUT2D eigenvalue weighted by Gasteiger charge is 2.37. The average Bonchev–Trinajstić information content (AvgIpc) is 3.14. The summed E-state index contributed by atoms with van der Waals surface area (Å²) in [5.41, 5.74) is 5.53. The lowest BCUT2D eigenvalue weighted by Crippen LogP contribution is -2.35. The largest absolute Gasteiger partial charge is 0.384 e. The van der Waals surface area contributed by atoms with E-state index in [4.69, 9.17) is 10.5 Å². The third-order valence-corrected chi connectivity index (χ3v) is 4.78. The van der Waals surface area contributed by atoms with E-state index in [2.05, 4.69) is 4.98 Å². The number of hydrogen-bond donors (Lipinski definition) is 1. The normalized spacial score (nSPS) is 16.1. The zero-order chi connectivity index (χ0) is 13.2. The zero-order valence-electron chi connectivity index (χ0n) is 10.2. The van der Waals surface area contributed by atoms with Crippen LogP contribution in [0.4, 0.5) is 5.82 Å². The van der Waals surface area contributed by atoms with Gasteiger partial charge < -0.3 is 10.5 Å². The summed E-state index contributed by atoms with van der Waals surface area (Å²) in [4.78, 5) is 4.00. The molecule has 2 N–H and O–H groups in total. The van der Waals surface area contributed by atoms with Gasteiger partial charge in [-0.25, -0.2) is 13.4 Å². The molecule has 7 heteroatoms. The molecule has 1 aliphatic carbocycles. The first-order valence-electron chi connectivity index (χ1n) is 5.78. The highest BCUT2D eigenvalue weighted by Crippen LogP contribution is 2.31. The first kappa shape index (κ1) is 13.3. The number of pyridine rings is 1. The van der Waals surface area contributed by atoms with Crippen LogP contribution in [-0.2, 0) is 14.8 Å². The lowest BCUT2D eigenvalue weighted by molar-refractivity contribution is 0.177. The summed E-state index contributed by atoms with van der Waals surface area (Å²) in [6.45, 7) is 0.752. The Morgan fingerprint density at radius 1 is 1.56 bits per heavy atom. The van der Waals surface area contributed by atoms with Gasteiger partial charge in [0, 0.05) is 32.0 Å². The van der Waals surface area contributed by atoms with Crippen molar-refractivity contribution < 1.29 is 13.2 Å². The van der Waals surface area contributed by atoms with Crippen molar-refractivity contribution in [1.29, 1.82) is 0 Å². The van der Waals surface area contributed by atoms with Gasteiger partial charge in [-0.05, 0) is 18.9 Å². The Morgan fingerprint density at radius 2 is 2.28 bits per heavy atom. The van der Waals surface area contributed by atoms with E-state index in [-0.39, 0.29) is 16.8 Å². The van der Waals surface area contributed by atoms with Crippen LogP contribution in [0, 0.1) is 0 Å². The first-order valence-corrected chi connectivity index (χ1v) is 7.22. The molecule has 0 bridgehead atoms. The van der Waals surface area contributed by atoms with E-state index in [9.17, 15) is 8.42 Å². The molecule has 6 nitrogen and oxygen atoms in total. The number of methoxy groups -OCH3 is 1. The fraction of sp³-hybridized carbons (Fsp3) is 0.545. The molecule has 1 heterocycles. The van der Waals surface area contributed by atoms with Crippen molar-refractivity contribution in [2.45, 2.75) is 23.8 Å².